The molecule has 5 heteroatoms. The predicted molar refractivity (Wildman–Crippen MR) is 83.2 cm³/mol. The fourth-order valence-electron chi connectivity index (χ4n) is 1.55. The molecule has 108 valence electrons. The highest BCUT2D eigenvalue weighted by Gasteiger charge is 2.28. The van der Waals surface area contributed by atoms with Gasteiger partial charge in [0, 0.05) is 17.1 Å². The lowest BCUT2D eigenvalue weighted by molar-refractivity contribution is 0.0883. The van der Waals surface area contributed by atoms with E-state index in [1.165, 1.54) is 0 Å². The zero-order valence-corrected chi connectivity index (χ0v) is 13.4. The molecule has 1 unspecified atom stereocenters. The van der Waals surface area contributed by atoms with Crippen LogP contribution in [0.25, 0.3) is 0 Å². The Kier molecular flexibility index (Phi) is 6.84. The standard InChI is InChI=1S/C14H21ClN2O.ClH/c1-9(2)14(4,8-16)17-13(18)11-5-6-12(15)10(3)7-11;/h5-7,9H,8,16H2,1-4H3,(H,17,18);1H. The van der Waals surface area contributed by atoms with Crippen molar-refractivity contribution in [3.05, 3.63) is 34.3 Å². The van der Waals surface area contributed by atoms with E-state index >= 15 is 0 Å². The summed E-state index contributed by atoms with van der Waals surface area (Å²) >= 11 is 5.94. The van der Waals surface area contributed by atoms with Gasteiger partial charge < -0.3 is 11.1 Å². The zero-order valence-electron chi connectivity index (χ0n) is 11.8. The molecule has 1 rings (SSSR count). The maximum Gasteiger partial charge on any atom is 0.251 e. The molecule has 0 saturated heterocycles. The van der Waals surface area contributed by atoms with E-state index in [2.05, 4.69) is 5.32 Å². The van der Waals surface area contributed by atoms with E-state index in [0.717, 1.165) is 5.56 Å². The van der Waals surface area contributed by atoms with Crippen molar-refractivity contribution >= 4 is 29.9 Å². The summed E-state index contributed by atoms with van der Waals surface area (Å²) in [4.78, 5) is 12.2. The Balaban J connectivity index is 0.00000324. The van der Waals surface area contributed by atoms with Crippen molar-refractivity contribution in [3.8, 4) is 0 Å². The van der Waals surface area contributed by atoms with Gasteiger partial charge in [0.15, 0.2) is 0 Å². The first-order valence-electron chi connectivity index (χ1n) is 6.09. The predicted octanol–water partition coefficient (Wildman–Crippen LogP) is 3.17. The molecule has 3 nitrogen and oxygen atoms in total. The summed E-state index contributed by atoms with van der Waals surface area (Å²) < 4.78 is 0. The van der Waals surface area contributed by atoms with Gasteiger partial charge in [0.2, 0.25) is 0 Å². The Bertz CT molecular complexity index is 449. The van der Waals surface area contributed by atoms with Gasteiger partial charge in [0.25, 0.3) is 5.91 Å². The molecule has 3 N–H and O–H groups in total. The SMILES string of the molecule is Cc1cc(C(=O)NC(C)(CN)C(C)C)ccc1Cl.Cl. The third kappa shape index (κ3) is 4.37. The van der Waals surface area contributed by atoms with Crippen LogP contribution in [0.15, 0.2) is 18.2 Å². The second kappa shape index (κ2) is 7.13. The fourth-order valence-corrected chi connectivity index (χ4v) is 1.67. The number of hydrogen-bond donors (Lipinski definition) is 2. The van der Waals surface area contributed by atoms with E-state index in [0.29, 0.717) is 17.1 Å². The number of nitrogens with two attached hydrogens (primary N) is 1. The minimum absolute atomic E-state index is 0. The van der Waals surface area contributed by atoms with Crippen molar-refractivity contribution in [2.75, 3.05) is 6.54 Å². The molecule has 0 saturated carbocycles. The topological polar surface area (TPSA) is 55.1 Å². The van der Waals surface area contributed by atoms with Gasteiger partial charge in [-0.25, -0.2) is 0 Å². The molecule has 0 bridgehead atoms. The highest BCUT2D eigenvalue weighted by atomic mass is 35.5. The summed E-state index contributed by atoms with van der Waals surface area (Å²) in [6.07, 6.45) is 0. The molecule has 0 radical (unpaired) electrons. The van der Waals surface area contributed by atoms with Crippen LogP contribution in [0.1, 0.15) is 36.7 Å². The van der Waals surface area contributed by atoms with Crippen LogP contribution >= 0.6 is 24.0 Å². The Morgan fingerprint density at radius 3 is 2.47 bits per heavy atom. The number of halogens is 2. The average molecular weight is 305 g/mol. The molecule has 0 aliphatic rings. The highest BCUT2D eigenvalue weighted by molar-refractivity contribution is 6.31. The summed E-state index contributed by atoms with van der Waals surface area (Å²) in [6, 6.07) is 5.25. The van der Waals surface area contributed by atoms with E-state index in [4.69, 9.17) is 17.3 Å². The van der Waals surface area contributed by atoms with Gasteiger partial charge >= 0.3 is 0 Å². The van der Waals surface area contributed by atoms with Crippen molar-refractivity contribution in [2.24, 2.45) is 11.7 Å². The van der Waals surface area contributed by atoms with Crippen LogP contribution in [0.2, 0.25) is 5.02 Å². The number of rotatable bonds is 4. The summed E-state index contributed by atoms with van der Waals surface area (Å²) in [6.45, 7) is 8.32. The maximum atomic E-state index is 12.2. The summed E-state index contributed by atoms with van der Waals surface area (Å²) in [5.41, 5.74) is 6.85. The molecule has 0 heterocycles. The van der Waals surface area contributed by atoms with Crippen molar-refractivity contribution in [1.29, 1.82) is 0 Å². The summed E-state index contributed by atoms with van der Waals surface area (Å²) in [5.74, 6) is 0.149. The van der Waals surface area contributed by atoms with E-state index in [1.54, 1.807) is 18.2 Å². The van der Waals surface area contributed by atoms with E-state index in [-0.39, 0.29) is 24.2 Å². The molecule has 1 atom stereocenters. The number of aryl methyl sites for hydroxylation is 1. The zero-order chi connectivity index (χ0) is 13.9. The second-order valence-corrected chi connectivity index (χ2v) is 5.60. The first kappa shape index (κ1) is 18.2. The van der Waals surface area contributed by atoms with Crippen LogP contribution in [0.5, 0.6) is 0 Å². The lowest BCUT2D eigenvalue weighted by atomic mass is 9.88. The van der Waals surface area contributed by atoms with Crippen LogP contribution in [0, 0.1) is 12.8 Å². The molecule has 0 aliphatic heterocycles. The number of carbonyl (C=O) groups is 1. The molecule has 1 aromatic rings. The first-order valence-corrected chi connectivity index (χ1v) is 6.46. The minimum atomic E-state index is -0.398. The van der Waals surface area contributed by atoms with Gasteiger partial charge in [-0.2, -0.15) is 0 Å². The van der Waals surface area contributed by atoms with Crippen molar-refractivity contribution in [2.45, 2.75) is 33.2 Å². The fraction of sp³-hybridized carbons (Fsp3) is 0.500. The average Bonchev–Trinajstić information content (AvgIpc) is 2.32. The smallest absolute Gasteiger partial charge is 0.251 e. The molecule has 0 aliphatic carbocycles. The summed E-state index contributed by atoms with van der Waals surface area (Å²) in [5, 5.41) is 3.66. The normalized spacial score (nSPS) is 13.6. The second-order valence-electron chi connectivity index (χ2n) is 5.19. The van der Waals surface area contributed by atoms with Gasteiger partial charge in [-0.05, 0) is 43.5 Å². The molecule has 0 fully saturated rings. The van der Waals surface area contributed by atoms with Gasteiger partial charge in [-0.3, -0.25) is 4.79 Å². The van der Waals surface area contributed by atoms with Crippen LogP contribution in [-0.2, 0) is 0 Å². The van der Waals surface area contributed by atoms with E-state index in [9.17, 15) is 4.79 Å². The molecule has 1 amide bonds. The molecular formula is C14H22Cl2N2O. The van der Waals surface area contributed by atoms with Gasteiger partial charge in [-0.1, -0.05) is 25.4 Å². The monoisotopic (exact) mass is 304 g/mol. The molecule has 0 aromatic heterocycles. The van der Waals surface area contributed by atoms with Crippen LogP contribution in [0.4, 0.5) is 0 Å². The third-order valence-corrected chi connectivity index (χ3v) is 3.94. The van der Waals surface area contributed by atoms with Crippen LogP contribution < -0.4 is 11.1 Å². The Morgan fingerprint density at radius 2 is 2.05 bits per heavy atom. The van der Waals surface area contributed by atoms with E-state index < -0.39 is 5.54 Å². The van der Waals surface area contributed by atoms with E-state index in [1.807, 2.05) is 27.7 Å². The Morgan fingerprint density at radius 1 is 1.47 bits per heavy atom. The quantitative estimate of drug-likeness (QED) is 0.897. The van der Waals surface area contributed by atoms with Crippen molar-refractivity contribution < 1.29 is 4.79 Å². The lowest BCUT2D eigenvalue weighted by Crippen LogP contribution is -2.55. The number of hydrogen-bond acceptors (Lipinski definition) is 2. The van der Waals surface area contributed by atoms with Gasteiger partial charge in [0.05, 0.1) is 5.54 Å². The first-order chi connectivity index (χ1) is 8.30. The van der Waals surface area contributed by atoms with Crippen LogP contribution in [0.3, 0.4) is 0 Å². The Hall–Kier alpha value is -0.770. The van der Waals surface area contributed by atoms with Crippen LogP contribution in [-0.4, -0.2) is 18.0 Å². The summed E-state index contributed by atoms with van der Waals surface area (Å²) in [7, 11) is 0. The molecule has 19 heavy (non-hydrogen) atoms. The van der Waals surface area contributed by atoms with Gasteiger partial charge in [0.1, 0.15) is 0 Å². The number of benzene rings is 1. The number of nitrogens with one attached hydrogen (secondary N) is 1. The number of amides is 1. The largest absolute Gasteiger partial charge is 0.345 e. The lowest BCUT2D eigenvalue weighted by Gasteiger charge is -2.33. The molecule has 0 spiro atoms. The molecular weight excluding hydrogens is 283 g/mol. The number of carbonyl (C=O) groups excluding carboxylic acids is 1. The minimum Gasteiger partial charge on any atom is -0.345 e. The maximum absolute atomic E-state index is 12.2. The molecule has 1 aromatic carbocycles. The Labute approximate surface area is 126 Å². The highest BCUT2D eigenvalue weighted by Crippen LogP contribution is 2.19. The van der Waals surface area contributed by atoms with Crippen molar-refractivity contribution in [3.63, 3.8) is 0 Å². The third-order valence-electron chi connectivity index (χ3n) is 3.52. The van der Waals surface area contributed by atoms with Crippen molar-refractivity contribution in [1.82, 2.24) is 5.32 Å². The van der Waals surface area contributed by atoms with Gasteiger partial charge in [-0.15, -0.1) is 12.4 Å².